The minimum atomic E-state index is -2.39. The number of unbranched alkanes of at least 4 members (excludes halogenated alkanes) is 2. The van der Waals surface area contributed by atoms with Gasteiger partial charge in [0.15, 0.2) is 0 Å². The van der Waals surface area contributed by atoms with Gasteiger partial charge in [0.1, 0.15) is 0 Å². The van der Waals surface area contributed by atoms with Gasteiger partial charge < -0.3 is 5.32 Å². The van der Waals surface area contributed by atoms with Crippen molar-refractivity contribution in [3.8, 4) is 0 Å². The second-order valence-electron chi connectivity index (χ2n) is 5.08. The second kappa shape index (κ2) is 6.53. The number of alkyl halides is 2. The molecule has 0 aromatic heterocycles. The standard InChI is InChI=1S/C13H25F2N/c1-3-4-5-6-12(16-2)11-7-9-13(14,15)10-8-11/h11-12,16H,3-10H2,1-2H3. The Morgan fingerprint density at radius 2 is 1.88 bits per heavy atom. The summed E-state index contributed by atoms with van der Waals surface area (Å²) in [5.41, 5.74) is 0. The largest absolute Gasteiger partial charge is 0.317 e. The van der Waals surface area contributed by atoms with E-state index in [0.29, 0.717) is 24.8 Å². The average molecular weight is 233 g/mol. The van der Waals surface area contributed by atoms with Crippen molar-refractivity contribution in [2.75, 3.05) is 7.05 Å². The summed E-state index contributed by atoms with van der Waals surface area (Å²) in [5, 5.41) is 3.31. The summed E-state index contributed by atoms with van der Waals surface area (Å²) in [7, 11) is 1.96. The van der Waals surface area contributed by atoms with Crippen LogP contribution in [0.15, 0.2) is 0 Å². The highest BCUT2D eigenvalue weighted by Crippen LogP contribution is 2.38. The minimum Gasteiger partial charge on any atom is -0.317 e. The Kier molecular flexibility index (Phi) is 5.67. The maximum atomic E-state index is 13.0. The fourth-order valence-electron chi connectivity index (χ4n) is 2.69. The normalized spacial score (nSPS) is 23.2. The van der Waals surface area contributed by atoms with Gasteiger partial charge in [0.2, 0.25) is 5.92 Å². The first-order chi connectivity index (χ1) is 7.59. The van der Waals surface area contributed by atoms with E-state index >= 15 is 0 Å². The van der Waals surface area contributed by atoms with Gasteiger partial charge in [-0.15, -0.1) is 0 Å². The second-order valence-corrected chi connectivity index (χ2v) is 5.08. The molecule has 0 aromatic carbocycles. The molecule has 0 aromatic rings. The van der Waals surface area contributed by atoms with E-state index in [1.807, 2.05) is 7.05 Å². The van der Waals surface area contributed by atoms with Gasteiger partial charge in [-0.1, -0.05) is 26.2 Å². The lowest BCUT2D eigenvalue weighted by Gasteiger charge is -2.33. The zero-order valence-corrected chi connectivity index (χ0v) is 10.6. The summed E-state index contributed by atoms with van der Waals surface area (Å²) in [6.07, 6.45) is 6.37. The molecule has 0 radical (unpaired) electrons. The smallest absolute Gasteiger partial charge is 0.248 e. The molecule has 0 saturated heterocycles. The number of rotatable bonds is 6. The van der Waals surface area contributed by atoms with Crippen molar-refractivity contribution in [1.82, 2.24) is 5.32 Å². The van der Waals surface area contributed by atoms with Crippen molar-refractivity contribution in [1.29, 1.82) is 0 Å². The van der Waals surface area contributed by atoms with E-state index < -0.39 is 5.92 Å². The molecule has 0 bridgehead atoms. The Morgan fingerprint density at radius 1 is 1.25 bits per heavy atom. The highest BCUT2D eigenvalue weighted by atomic mass is 19.3. The highest BCUT2D eigenvalue weighted by Gasteiger charge is 2.36. The lowest BCUT2D eigenvalue weighted by molar-refractivity contribution is -0.0496. The van der Waals surface area contributed by atoms with Gasteiger partial charge in [0, 0.05) is 18.9 Å². The Bertz CT molecular complexity index is 184. The summed E-state index contributed by atoms with van der Waals surface area (Å²) >= 11 is 0. The summed E-state index contributed by atoms with van der Waals surface area (Å²) in [5.74, 6) is -1.93. The molecule has 0 spiro atoms. The molecule has 1 atom stereocenters. The van der Waals surface area contributed by atoms with Crippen LogP contribution in [0, 0.1) is 5.92 Å². The number of hydrogen-bond donors (Lipinski definition) is 1. The van der Waals surface area contributed by atoms with Gasteiger partial charge in [-0.3, -0.25) is 0 Å². The summed E-state index contributed by atoms with van der Waals surface area (Å²) in [6, 6.07) is 0.447. The Balaban J connectivity index is 2.31. The van der Waals surface area contributed by atoms with Gasteiger partial charge in [-0.05, 0) is 32.2 Å². The molecule has 1 aliphatic carbocycles. The molecule has 1 N–H and O–H groups in total. The Hall–Kier alpha value is -0.180. The predicted molar refractivity (Wildman–Crippen MR) is 63.9 cm³/mol. The van der Waals surface area contributed by atoms with Gasteiger partial charge in [-0.25, -0.2) is 8.78 Å². The van der Waals surface area contributed by atoms with Gasteiger partial charge in [0.05, 0.1) is 0 Å². The average Bonchev–Trinajstić information content (AvgIpc) is 2.25. The van der Waals surface area contributed by atoms with Crippen LogP contribution in [0.25, 0.3) is 0 Å². The van der Waals surface area contributed by atoms with E-state index in [2.05, 4.69) is 12.2 Å². The number of hydrogen-bond acceptors (Lipinski definition) is 1. The van der Waals surface area contributed by atoms with E-state index in [9.17, 15) is 8.78 Å². The van der Waals surface area contributed by atoms with E-state index in [0.717, 1.165) is 6.42 Å². The minimum absolute atomic E-state index is 0.0869. The summed E-state index contributed by atoms with van der Waals surface area (Å²) < 4.78 is 26.1. The van der Waals surface area contributed by atoms with Crippen LogP contribution in [0.3, 0.4) is 0 Å². The predicted octanol–water partition coefficient (Wildman–Crippen LogP) is 3.98. The molecule has 1 fully saturated rings. The molecule has 1 nitrogen and oxygen atoms in total. The first kappa shape index (κ1) is 13.9. The molecule has 1 unspecified atom stereocenters. The molecular weight excluding hydrogens is 208 g/mol. The molecule has 96 valence electrons. The van der Waals surface area contributed by atoms with Gasteiger partial charge >= 0.3 is 0 Å². The molecule has 3 heteroatoms. The molecule has 0 amide bonds. The van der Waals surface area contributed by atoms with Crippen molar-refractivity contribution < 1.29 is 8.78 Å². The molecular formula is C13H25F2N. The quantitative estimate of drug-likeness (QED) is 0.684. The highest BCUT2D eigenvalue weighted by molar-refractivity contribution is 4.84. The van der Waals surface area contributed by atoms with Crippen molar-refractivity contribution >= 4 is 0 Å². The van der Waals surface area contributed by atoms with Crippen LogP contribution in [0.5, 0.6) is 0 Å². The van der Waals surface area contributed by atoms with Crippen LogP contribution in [-0.2, 0) is 0 Å². The topological polar surface area (TPSA) is 12.0 Å². The van der Waals surface area contributed by atoms with Crippen LogP contribution in [0.4, 0.5) is 8.78 Å². The van der Waals surface area contributed by atoms with Gasteiger partial charge in [0.25, 0.3) is 0 Å². The lowest BCUT2D eigenvalue weighted by Crippen LogP contribution is -2.38. The fraction of sp³-hybridized carbons (Fsp3) is 1.00. The van der Waals surface area contributed by atoms with E-state index in [-0.39, 0.29) is 12.8 Å². The maximum absolute atomic E-state index is 13.0. The zero-order valence-electron chi connectivity index (χ0n) is 10.6. The van der Waals surface area contributed by atoms with Crippen LogP contribution in [0.2, 0.25) is 0 Å². The fourth-order valence-corrected chi connectivity index (χ4v) is 2.69. The Labute approximate surface area is 98.0 Å². The van der Waals surface area contributed by atoms with Crippen molar-refractivity contribution in [3.63, 3.8) is 0 Å². The molecule has 1 rings (SSSR count). The van der Waals surface area contributed by atoms with Crippen molar-refractivity contribution in [2.45, 2.75) is 70.3 Å². The molecule has 16 heavy (non-hydrogen) atoms. The molecule has 1 aliphatic rings. The summed E-state index contributed by atoms with van der Waals surface area (Å²) in [4.78, 5) is 0. The third-order valence-corrected chi connectivity index (χ3v) is 3.82. The molecule has 0 heterocycles. The lowest BCUT2D eigenvalue weighted by atomic mass is 9.80. The Morgan fingerprint density at radius 3 is 2.38 bits per heavy atom. The first-order valence-corrected chi connectivity index (χ1v) is 6.64. The van der Waals surface area contributed by atoms with Crippen LogP contribution < -0.4 is 5.32 Å². The van der Waals surface area contributed by atoms with Crippen LogP contribution in [-0.4, -0.2) is 19.0 Å². The number of nitrogens with one attached hydrogen (secondary N) is 1. The molecule has 1 saturated carbocycles. The summed E-state index contributed by atoms with van der Waals surface area (Å²) in [6.45, 7) is 2.19. The zero-order chi connectivity index (χ0) is 12.0. The van der Waals surface area contributed by atoms with Crippen LogP contribution in [0.1, 0.15) is 58.3 Å². The third kappa shape index (κ3) is 4.36. The van der Waals surface area contributed by atoms with E-state index in [1.54, 1.807) is 0 Å². The monoisotopic (exact) mass is 233 g/mol. The van der Waals surface area contributed by atoms with Crippen LogP contribution >= 0.6 is 0 Å². The number of halogens is 2. The first-order valence-electron chi connectivity index (χ1n) is 6.64. The third-order valence-electron chi connectivity index (χ3n) is 3.82. The van der Waals surface area contributed by atoms with E-state index in [1.165, 1.54) is 19.3 Å². The SMILES string of the molecule is CCCCCC(NC)C1CCC(F)(F)CC1. The molecule has 0 aliphatic heterocycles. The van der Waals surface area contributed by atoms with Crippen molar-refractivity contribution in [2.24, 2.45) is 5.92 Å². The van der Waals surface area contributed by atoms with Gasteiger partial charge in [-0.2, -0.15) is 0 Å². The maximum Gasteiger partial charge on any atom is 0.248 e. The van der Waals surface area contributed by atoms with Crippen molar-refractivity contribution in [3.05, 3.63) is 0 Å². The van der Waals surface area contributed by atoms with E-state index in [4.69, 9.17) is 0 Å².